The van der Waals surface area contributed by atoms with Gasteiger partial charge in [0.15, 0.2) is 0 Å². The Morgan fingerprint density at radius 1 is 1.00 bits per heavy atom. The van der Waals surface area contributed by atoms with E-state index in [9.17, 15) is 33.4 Å². The molecule has 0 fully saturated rings. The van der Waals surface area contributed by atoms with Crippen LogP contribution in [-0.2, 0) is 6.18 Å². The minimum absolute atomic E-state index is 0.275. The van der Waals surface area contributed by atoms with E-state index in [0.29, 0.717) is 5.52 Å². The first-order valence-corrected chi connectivity index (χ1v) is 6.66. The van der Waals surface area contributed by atoms with Gasteiger partial charge in [0.1, 0.15) is 6.33 Å². The van der Waals surface area contributed by atoms with Gasteiger partial charge in [0.25, 0.3) is 0 Å². The number of hydrogen-bond donors (Lipinski definition) is 0. The van der Waals surface area contributed by atoms with Gasteiger partial charge in [0, 0.05) is 12.1 Å². The predicted octanol–water partition coefficient (Wildman–Crippen LogP) is 3.86. The molecule has 11 heteroatoms. The summed E-state index contributed by atoms with van der Waals surface area (Å²) in [5, 5.41) is 22.6. The number of nitro groups is 2. The van der Waals surface area contributed by atoms with E-state index in [1.807, 2.05) is 0 Å². The van der Waals surface area contributed by atoms with Crippen LogP contribution in [0.4, 0.5) is 24.5 Å². The smallest absolute Gasteiger partial charge is 0.287 e. The third kappa shape index (κ3) is 2.75. The largest absolute Gasteiger partial charge is 0.416 e. The first-order chi connectivity index (χ1) is 11.7. The van der Waals surface area contributed by atoms with E-state index >= 15 is 0 Å². The molecule has 1 aromatic heterocycles. The lowest BCUT2D eigenvalue weighted by molar-refractivity contribution is -0.394. The van der Waals surface area contributed by atoms with Crippen molar-refractivity contribution < 1.29 is 23.0 Å². The Labute approximate surface area is 136 Å². The summed E-state index contributed by atoms with van der Waals surface area (Å²) in [7, 11) is 0. The monoisotopic (exact) mass is 352 g/mol. The second-order valence-electron chi connectivity index (χ2n) is 4.98. The van der Waals surface area contributed by atoms with Gasteiger partial charge in [-0.2, -0.15) is 13.2 Å². The number of benzene rings is 2. The quantitative estimate of drug-likeness (QED) is 0.526. The van der Waals surface area contributed by atoms with Crippen molar-refractivity contribution in [3.05, 3.63) is 68.5 Å². The van der Waals surface area contributed by atoms with Crippen molar-refractivity contribution in [1.82, 2.24) is 9.55 Å². The summed E-state index contributed by atoms with van der Waals surface area (Å²) in [6.07, 6.45) is -3.88. The zero-order valence-electron chi connectivity index (χ0n) is 12.1. The highest BCUT2D eigenvalue weighted by Crippen LogP contribution is 2.40. The maximum Gasteiger partial charge on any atom is 0.416 e. The van der Waals surface area contributed by atoms with E-state index in [1.165, 1.54) is 6.07 Å². The number of hydrogen-bond acceptors (Lipinski definition) is 5. The minimum Gasteiger partial charge on any atom is -0.287 e. The Morgan fingerprint density at radius 3 is 2.08 bits per heavy atom. The highest BCUT2D eigenvalue weighted by Gasteiger charge is 2.38. The highest BCUT2D eigenvalue weighted by atomic mass is 19.4. The van der Waals surface area contributed by atoms with Crippen LogP contribution in [0.3, 0.4) is 0 Å². The van der Waals surface area contributed by atoms with Gasteiger partial charge in [-0.05, 0) is 12.1 Å². The molecule has 0 radical (unpaired) electrons. The molecule has 8 nitrogen and oxygen atoms in total. The van der Waals surface area contributed by atoms with Crippen LogP contribution in [0.15, 0.2) is 42.7 Å². The Kier molecular flexibility index (Phi) is 3.63. The Bertz CT molecular complexity index is 978. The molecule has 0 saturated heterocycles. The third-order valence-electron chi connectivity index (χ3n) is 3.48. The molecule has 0 N–H and O–H groups in total. The zero-order chi connectivity index (χ0) is 18.4. The van der Waals surface area contributed by atoms with Crippen LogP contribution in [-0.4, -0.2) is 19.4 Å². The molecule has 0 aliphatic heterocycles. The van der Waals surface area contributed by atoms with Gasteiger partial charge in [0.05, 0.1) is 26.4 Å². The normalized spacial score (nSPS) is 11.6. The van der Waals surface area contributed by atoms with Crippen molar-refractivity contribution in [1.29, 1.82) is 0 Å². The molecule has 3 aromatic rings. The number of rotatable bonds is 3. The number of nitrogens with zero attached hydrogens (tertiary/aromatic N) is 4. The molecular weight excluding hydrogens is 345 g/mol. The van der Waals surface area contributed by atoms with Gasteiger partial charge in [-0.1, -0.05) is 12.1 Å². The number of nitro benzene ring substituents is 2. The molecule has 128 valence electrons. The molecule has 25 heavy (non-hydrogen) atoms. The lowest BCUT2D eigenvalue weighted by Gasteiger charge is -2.11. The predicted molar refractivity (Wildman–Crippen MR) is 79.4 cm³/mol. The summed E-state index contributed by atoms with van der Waals surface area (Å²) in [6, 6.07) is 6.81. The number of imidazole rings is 1. The number of halogens is 3. The maximum absolute atomic E-state index is 12.9. The standard InChI is InChI=1S/C14H7F3N4O4/c15-14(16,17)8-5-11(20(22)23)13(12(6-8)21(24)25)19-7-18-9-3-1-2-4-10(9)19/h1-7H. The summed E-state index contributed by atoms with van der Waals surface area (Å²) in [6.45, 7) is 0. The van der Waals surface area contributed by atoms with Crippen molar-refractivity contribution in [2.45, 2.75) is 6.18 Å². The Balaban J connectivity index is 2.42. The lowest BCUT2D eigenvalue weighted by Crippen LogP contribution is -2.10. The molecule has 0 atom stereocenters. The van der Waals surface area contributed by atoms with Gasteiger partial charge in [-0.15, -0.1) is 0 Å². The van der Waals surface area contributed by atoms with Crippen molar-refractivity contribution in [2.75, 3.05) is 0 Å². The number of alkyl halides is 3. The minimum atomic E-state index is -4.97. The number of para-hydroxylation sites is 2. The van der Waals surface area contributed by atoms with Crippen LogP contribution in [0.1, 0.15) is 5.56 Å². The molecule has 0 aliphatic rings. The van der Waals surface area contributed by atoms with Crippen LogP contribution in [0.2, 0.25) is 0 Å². The molecule has 0 spiro atoms. The van der Waals surface area contributed by atoms with E-state index in [1.54, 1.807) is 18.2 Å². The molecular formula is C14H7F3N4O4. The SMILES string of the molecule is O=[N+]([O-])c1cc(C(F)(F)F)cc([N+](=O)[O-])c1-n1cnc2ccccc21. The lowest BCUT2D eigenvalue weighted by atomic mass is 10.1. The summed E-state index contributed by atoms with van der Waals surface area (Å²) < 4.78 is 39.8. The summed E-state index contributed by atoms with van der Waals surface area (Å²) in [4.78, 5) is 24.4. The van der Waals surface area contributed by atoms with E-state index in [4.69, 9.17) is 0 Å². The van der Waals surface area contributed by atoms with Crippen molar-refractivity contribution in [2.24, 2.45) is 0 Å². The van der Waals surface area contributed by atoms with Crippen molar-refractivity contribution >= 4 is 22.4 Å². The van der Waals surface area contributed by atoms with Gasteiger partial charge < -0.3 is 0 Å². The van der Waals surface area contributed by atoms with Crippen molar-refractivity contribution in [3.8, 4) is 5.69 Å². The van der Waals surface area contributed by atoms with Gasteiger partial charge in [-0.3, -0.25) is 24.8 Å². The summed E-state index contributed by atoms with van der Waals surface area (Å²) in [5.74, 6) is 0. The van der Waals surface area contributed by atoms with Crippen LogP contribution in [0, 0.1) is 20.2 Å². The Morgan fingerprint density at radius 2 is 1.56 bits per heavy atom. The topological polar surface area (TPSA) is 104 Å². The highest BCUT2D eigenvalue weighted by molar-refractivity contribution is 5.81. The molecule has 0 bridgehead atoms. The Hall–Kier alpha value is -3.50. The van der Waals surface area contributed by atoms with Crippen LogP contribution >= 0.6 is 0 Å². The van der Waals surface area contributed by atoms with E-state index in [0.717, 1.165) is 10.9 Å². The van der Waals surface area contributed by atoms with Gasteiger partial charge >= 0.3 is 17.6 Å². The second kappa shape index (κ2) is 5.54. The van der Waals surface area contributed by atoms with Crippen LogP contribution in [0.25, 0.3) is 16.7 Å². The molecule has 3 rings (SSSR count). The first-order valence-electron chi connectivity index (χ1n) is 6.66. The first kappa shape index (κ1) is 16.4. The van der Waals surface area contributed by atoms with E-state index in [-0.39, 0.29) is 17.6 Å². The molecule has 0 unspecified atom stereocenters. The molecule has 0 saturated carbocycles. The summed E-state index contributed by atoms with van der Waals surface area (Å²) >= 11 is 0. The van der Waals surface area contributed by atoms with Gasteiger partial charge in [-0.25, -0.2) is 4.98 Å². The van der Waals surface area contributed by atoms with E-state index < -0.39 is 38.6 Å². The van der Waals surface area contributed by atoms with E-state index in [2.05, 4.69) is 4.98 Å². The second-order valence-corrected chi connectivity index (χ2v) is 4.98. The average molecular weight is 352 g/mol. The van der Waals surface area contributed by atoms with Crippen LogP contribution < -0.4 is 0 Å². The molecule has 0 aliphatic carbocycles. The van der Waals surface area contributed by atoms with Crippen molar-refractivity contribution in [3.63, 3.8) is 0 Å². The molecule has 0 amide bonds. The average Bonchev–Trinajstić information content (AvgIpc) is 2.96. The fourth-order valence-corrected chi connectivity index (χ4v) is 2.43. The maximum atomic E-state index is 12.9. The third-order valence-corrected chi connectivity index (χ3v) is 3.48. The molecule has 1 heterocycles. The fraction of sp³-hybridized carbons (Fsp3) is 0.0714. The number of aromatic nitrogens is 2. The van der Waals surface area contributed by atoms with Crippen LogP contribution in [0.5, 0.6) is 0 Å². The molecule has 2 aromatic carbocycles. The summed E-state index contributed by atoms with van der Waals surface area (Å²) in [5.41, 5.74) is -3.47. The zero-order valence-corrected chi connectivity index (χ0v) is 12.1. The van der Waals surface area contributed by atoms with Gasteiger partial charge in [0.2, 0.25) is 5.69 Å². The number of fused-ring (bicyclic) bond motifs is 1. The fourth-order valence-electron chi connectivity index (χ4n) is 2.43.